The number of aromatic hydroxyl groups is 1. The minimum absolute atomic E-state index is 0.0800. The molecule has 4 aliphatic rings. The molecule has 8 nitrogen and oxygen atoms in total. The van der Waals surface area contributed by atoms with E-state index < -0.39 is 81.0 Å². The van der Waals surface area contributed by atoms with Crippen LogP contribution in [0.4, 0.5) is 0 Å². The molecule has 6 rings (SSSR count). The lowest BCUT2D eigenvalue weighted by molar-refractivity contribution is -0.240. The number of phenols is 1. The number of benzene rings is 2. The lowest BCUT2D eigenvalue weighted by atomic mass is 9.37. The van der Waals surface area contributed by atoms with Gasteiger partial charge in [0.2, 0.25) is 0 Å². The van der Waals surface area contributed by atoms with Crippen molar-refractivity contribution in [1.29, 1.82) is 0 Å². The summed E-state index contributed by atoms with van der Waals surface area (Å²) in [5.41, 5.74) is -2.19. The summed E-state index contributed by atoms with van der Waals surface area (Å²) in [4.78, 5) is 69.3. The van der Waals surface area contributed by atoms with Gasteiger partial charge in [-0.2, -0.15) is 0 Å². The van der Waals surface area contributed by atoms with Crippen molar-refractivity contribution in [1.82, 2.24) is 0 Å². The van der Waals surface area contributed by atoms with E-state index in [0.717, 1.165) is 31.7 Å². The van der Waals surface area contributed by atoms with E-state index in [1.165, 1.54) is 24.1 Å². The molecule has 2 fully saturated rings. The van der Waals surface area contributed by atoms with E-state index in [1.54, 1.807) is 33.8 Å². The van der Waals surface area contributed by atoms with Gasteiger partial charge in [0.15, 0.2) is 28.7 Å². The number of aryl methyl sites for hydroxylation is 2. The van der Waals surface area contributed by atoms with Crippen LogP contribution >= 0.6 is 0 Å². The normalized spacial score (nSPS) is 36.7. The van der Waals surface area contributed by atoms with Crippen molar-refractivity contribution >= 4 is 28.9 Å². The van der Waals surface area contributed by atoms with Crippen LogP contribution in [0, 0.1) is 34.5 Å². The molecule has 0 heterocycles. The van der Waals surface area contributed by atoms with Crippen LogP contribution in [-0.2, 0) is 32.0 Å². The zero-order valence-corrected chi connectivity index (χ0v) is 25.4. The third kappa shape index (κ3) is 3.37. The number of Topliss-reactive ketones (excluding diaryl/α,β-unsaturated/α-hetero) is 5. The first kappa shape index (κ1) is 29.6. The van der Waals surface area contributed by atoms with Crippen molar-refractivity contribution in [3.63, 3.8) is 0 Å². The molecule has 2 aromatic carbocycles. The van der Waals surface area contributed by atoms with E-state index >= 15 is 0 Å². The molecule has 226 valence electrons. The Hall–Kier alpha value is -3.49. The molecule has 0 aliphatic heterocycles. The monoisotopic (exact) mass is 586 g/mol. The Labute approximate surface area is 250 Å². The number of fused-ring (bicyclic) bond motifs is 4. The summed E-state index contributed by atoms with van der Waals surface area (Å²) in [6.07, 6.45) is 1.29. The second kappa shape index (κ2) is 9.26. The summed E-state index contributed by atoms with van der Waals surface area (Å²) in [7, 11) is 0. The average molecular weight is 587 g/mol. The molecular formula is C35H38O8. The summed E-state index contributed by atoms with van der Waals surface area (Å²) < 4.78 is 0. The van der Waals surface area contributed by atoms with Crippen LogP contribution in [0.15, 0.2) is 30.3 Å². The lowest BCUT2D eigenvalue weighted by Gasteiger charge is -2.65. The molecule has 4 aliphatic carbocycles. The van der Waals surface area contributed by atoms with Crippen LogP contribution in [0.1, 0.15) is 80.9 Å². The Morgan fingerprint density at radius 3 is 2.26 bits per heavy atom. The van der Waals surface area contributed by atoms with Crippen LogP contribution in [0.25, 0.3) is 11.1 Å². The lowest BCUT2D eigenvalue weighted by Crippen LogP contribution is -2.82. The predicted molar refractivity (Wildman–Crippen MR) is 156 cm³/mol. The molecule has 3 unspecified atom stereocenters. The van der Waals surface area contributed by atoms with Gasteiger partial charge in [-0.1, -0.05) is 58.9 Å². The number of ketones is 5. The second-order valence-corrected chi connectivity index (χ2v) is 13.9. The Kier molecular flexibility index (Phi) is 6.37. The molecular weight excluding hydrogens is 548 g/mol. The van der Waals surface area contributed by atoms with Gasteiger partial charge in [-0.05, 0) is 71.9 Å². The summed E-state index contributed by atoms with van der Waals surface area (Å²) in [6, 6.07) is 9.25. The van der Waals surface area contributed by atoms with Gasteiger partial charge < -0.3 is 15.3 Å². The molecule has 2 saturated carbocycles. The molecule has 0 radical (unpaired) electrons. The molecule has 8 heteroatoms. The molecule has 0 aromatic heterocycles. The second-order valence-electron chi connectivity index (χ2n) is 13.9. The first-order chi connectivity index (χ1) is 20.1. The molecule has 0 spiro atoms. The van der Waals surface area contributed by atoms with E-state index in [1.807, 2.05) is 6.07 Å². The van der Waals surface area contributed by atoms with Gasteiger partial charge in [0.1, 0.15) is 17.5 Å². The average Bonchev–Trinajstić information content (AvgIpc) is 3.41. The number of hydrogen-bond acceptors (Lipinski definition) is 8. The van der Waals surface area contributed by atoms with Gasteiger partial charge in [0.25, 0.3) is 0 Å². The number of phenolic OH excluding ortho intramolecular Hbond substituents is 1. The van der Waals surface area contributed by atoms with Crippen LogP contribution in [0.2, 0.25) is 0 Å². The molecule has 0 saturated heterocycles. The van der Waals surface area contributed by atoms with Crippen molar-refractivity contribution in [2.45, 2.75) is 78.4 Å². The number of hydrogen-bond donors (Lipinski definition) is 3. The number of aliphatic hydroxyl groups excluding tert-OH is 1. The zero-order valence-electron chi connectivity index (χ0n) is 25.4. The van der Waals surface area contributed by atoms with E-state index in [4.69, 9.17) is 0 Å². The van der Waals surface area contributed by atoms with Crippen LogP contribution in [0.5, 0.6) is 5.75 Å². The fraction of sp³-hybridized carbons (Fsp3) is 0.514. The maximum absolute atomic E-state index is 14.6. The summed E-state index contributed by atoms with van der Waals surface area (Å²) in [5, 5.41) is 35.7. The van der Waals surface area contributed by atoms with Gasteiger partial charge in [-0.3, -0.25) is 24.0 Å². The summed E-state index contributed by atoms with van der Waals surface area (Å²) >= 11 is 0. The SMILES string of the molecule is CC(=O)C1C(=O)C(C(C)C)[C@@]2(C)[C@H](O)[C@]3(C)C(C(=O)c4c(O)ccc(-c5ccc6c(c5)CCC6)c4[C@H]3C)C(=O)[C@@]2(O)C1=O. The van der Waals surface area contributed by atoms with Crippen molar-refractivity contribution in [3.05, 3.63) is 52.6 Å². The fourth-order valence-corrected chi connectivity index (χ4v) is 9.41. The Balaban J connectivity index is 1.62. The third-order valence-corrected chi connectivity index (χ3v) is 11.6. The highest BCUT2D eigenvalue weighted by atomic mass is 16.3. The molecule has 3 N–H and O–H groups in total. The van der Waals surface area contributed by atoms with Gasteiger partial charge in [0, 0.05) is 16.7 Å². The standard InChI is InChI=1S/C35H38O8/c1-15(2)26-28(38)24(17(4)36)30(40)35(43)31(41)27-29(39)25-22(37)13-12-21(20-11-10-18-8-7-9-19(18)14-20)23(25)16(3)33(27,5)32(42)34(26,35)6/h10-16,24,26-27,32,37,42-43H,7-9H2,1-6H3/t16-,24?,26?,27?,32-,33+,34+,35+/m1/s1. The maximum Gasteiger partial charge on any atom is 0.191 e. The topological polar surface area (TPSA) is 146 Å². The van der Waals surface area contributed by atoms with Gasteiger partial charge in [-0.15, -0.1) is 0 Å². The van der Waals surface area contributed by atoms with Crippen LogP contribution in [0.3, 0.4) is 0 Å². The first-order valence-corrected chi connectivity index (χ1v) is 15.1. The Morgan fingerprint density at radius 2 is 1.63 bits per heavy atom. The van der Waals surface area contributed by atoms with E-state index in [0.29, 0.717) is 11.1 Å². The highest BCUT2D eigenvalue weighted by Gasteiger charge is 2.80. The number of carbonyl (C=O) groups is 5. The summed E-state index contributed by atoms with van der Waals surface area (Å²) in [5.74, 6) is -11.2. The van der Waals surface area contributed by atoms with Crippen LogP contribution < -0.4 is 0 Å². The maximum atomic E-state index is 14.6. The highest BCUT2D eigenvalue weighted by molar-refractivity contribution is 6.33. The molecule has 43 heavy (non-hydrogen) atoms. The van der Waals surface area contributed by atoms with E-state index in [2.05, 4.69) is 12.1 Å². The van der Waals surface area contributed by atoms with Gasteiger partial charge in [0.05, 0.1) is 17.6 Å². The third-order valence-electron chi connectivity index (χ3n) is 11.6. The number of aliphatic hydroxyl groups is 2. The minimum Gasteiger partial charge on any atom is -0.507 e. The zero-order chi connectivity index (χ0) is 31.5. The van der Waals surface area contributed by atoms with E-state index in [9.17, 15) is 39.3 Å². The van der Waals surface area contributed by atoms with Gasteiger partial charge >= 0.3 is 0 Å². The smallest absolute Gasteiger partial charge is 0.191 e. The number of carbonyl (C=O) groups excluding carboxylic acids is 5. The van der Waals surface area contributed by atoms with Crippen molar-refractivity contribution in [3.8, 4) is 16.9 Å². The largest absolute Gasteiger partial charge is 0.507 e. The van der Waals surface area contributed by atoms with Crippen molar-refractivity contribution in [2.75, 3.05) is 0 Å². The van der Waals surface area contributed by atoms with E-state index in [-0.39, 0.29) is 11.3 Å². The number of rotatable bonds is 3. The Bertz CT molecular complexity index is 1650. The van der Waals surface area contributed by atoms with Crippen molar-refractivity contribution < 1.29 is 39.3 Å². The predicted octanol–water partition coefficient (Wildman–Crippen LogP) is 3.78. The minimum atomic E-state index is -2.98. The first-order valence-electron chi connectivity index (χ1n) is 15.1. The fourth-order valence-electron chi connectivity index (χ4n) is 9.41. The van der Waals surface area contributed by atoms with Gasteiger partial charge in [-0.25, -0.2) is 0 Å². The summed E-state index contributed by atoms with van der Waals surface area (Å²) in [6.45, 7) is 9.15. The molecule has 8 atom stereocenters. The van der Waals surface area contributed by atoms with Crippen LogP contribution in [-0.4, -0.2) is 55.9 Å². The molecule has 0 amide bonds. The van der Waals surface area contributed by atoms with Crippen molar-refractivity contribution in [2.24, 2.45) is 34.5 Å². The molecule has 0 bridgehead atoms. The highest BCUT2D eigenvalue weighted by Crippen LogP contribution is 2.67. The Morgan fingerprint density at radius 1 is 0.977 bits per heavy atom. The quantitative estimate of drug-likeness (QED) is 0.461. The molecule has 2 aromatic rings.